The van der Waals surface area contributed by atoms with E-state index in [0.29, 0.717) is 31.6 Å². The highest BCUT2D eigenvalue weighted by Crippen LogP contribution is 2.11. The molecule has 1 aromatic rings. The van der Waals surface area contributed by atoms with Crippen molar-refractivity contribution >= 4 is 18.0 Å². The Hall–Kier alpha value is -2.57. The maximum Gasteiger partial charge on any atom is 0.407 e. The maximum absolute atomic E-state index is 12.5. The van der Waals surface area contributed by atoms with Crippen LogP contribution in [-0.4, -0.2) is 48.7 Å². The van der Waals surface area contributed by atoms with Crippen molar-refractivity contribution in [3.05, 3.63) is 35.4 Å². The molecule has 0 atom stereocenters. The maximum atomic E-state index is 12.5. The number of nitrogens with one attached hydrogen (secondary N) is 1. The number of rotatable bonds is 9. The zero-order valence-electron chi connectivity index (χ0n) is 17.5. The first-order chi connectivity index (χ1) is 13.2. The Kier molecular flexibility index (Phi) is 9.48. The van der Waals surface area contributed by atoms with Gasteiger partial charge in [0.25, 0.3) is 0 Å². The minimum absolute atomic E-state index is 0.0323. The van der Waals surface area contributed by atoms with Crippen LogP contribution >= 0.6 is 0 Å². The number of nitrogens with zero attached hydrogens (tertiary/aromatic N) is 1. The molecule has 1 N–H and O–H groups in total. The molecule has 1 rings (SSSR count). The van der Waals surface area contributed by atoms with Crippen LogP contribution in [0.5, 0.6) is 0 Å². The molecule has 0 aliphatic heterocycles. The summed E-state index contributed by atoms with van der Waals surface area (Å²) in [6.45, 7) is 8.50. The monoisotopic (exact) mass is 392 g/mol. The molecule has 0 fully saturated rings. The second-order valence-electron chi connectivity index (χ2n) is 7.54. The predicted octanol–water partition coefficient (Wildman–Crippen LogP) is 3.52. The summed E-state index contributed by atoms with van der Waals surface area (Å²) in [5.74, 6) is -0.367. The summed E-state index contributed by atoms with van der Waals surface area (Å²) in [5.41, 5.74) is 0.790. The molecule has 28 heavy (non-hydrogen) atoms. The fourth-order valence-electron chi connectivity index (χ4n) is 2.47. The fourth-order valence-corrected chi connectivity index (χ4v) is 2.47. The molecule has 7 nitrogen and oxygen atoms in total. The molecular weight excluding hydrogens is 360 g/mol. The van der Waals surface area contributed by atoms with Crippen molar-refractivity contribution in [2.45, 2.75) is 59.1 Å². The summed E-state index contributed by atoms with van der Waals surface area (Å²) < 4.78 is 9.91. The molecule has 0 spiro atoms. The van der Waals surface area contributed by atoms with Gasteiger partial charge in [0, 0.05) is 26.1 Å². The van der Waals surface area contributed by atoms with Gasteiger partial charge in [-0.2, -0.15) is 0 Å². The first-order valence-corrected chi connectivity index (χ1v) is 9.58. The van der Waals surface area contributed by atoms with Gasteiger partial charge in [-0.15, -0.1) is 0 Å². The molecule has 2 amide bonds. The summed E-state index contributed by atoms with van der Waals surface area (Å²) in [7, 11) is 1.34. The van der Waals surface area contributed by atoms with Crippen LogP contribution in [0.1, 0.15) is 62.9 Å². The van der Waals surface area contributed by atoms with Crippen LogP contribution in [0, 0.1) is 0 Å². The average Bonchev–Trinajstić information content (AvgIpc) is 2.63. The van der Waals surface area contributed by atoms with E-state index in [0.717, 1.165) is 18.4 Å². The Morgan fingerprint density at radius 1 is 1.11 bits per heavy atom. The largest absolute Gasteiger partial charge is 0.465 e. The lowest BCUT2D eigenvalue weighted by molar-refractivity contribution is -0.131. The minimum Gasteiger partial charge on any atom is -0.465 e. The topological polar surface area (TPSA) is 84.9 Å². The highest BCUT2D eigenvalue weighted by molar-refractivity contribution is 5.89. The molecule has 0 bridgehead atoms. The highest BCUT2D eigenvalue weighted by atomic mass is 16.6. The SMILES string of the molecule is CCCCC(=O)N(CCNC(=O)OC(C)(C)C)Cc1ccc(C(=O)OC)cc1. The molecule has 0 radical (unpaired) electrons. The second kappa shape index (κ2) is 11.3. The normalized spacial score (nSPS) is 10.9. The average molecular weight is 392 g/mol. The summed E-state index contributed by atoms with van der Waals surface area (Å²) in [6.07, 6.45) is 1.71. The van der Waals surface area contributed by atoms with E-state index >= 15 is 0 Å². The van der Waals surface area contributed by atoms with E-state index in [9.17, 15) is 14.4 Å². The molecule has 0 aliphatic rings. The number of carbonyl (C=O) groups excluding carboxylic acids is 3. The number of benzene rings is 1. The van der Waals surface area contributed by atoms with E-state index in [4.69, 9.17) is 9.47 Å². The predicted molar refractivity (Wildman–Crippen MR) is 107 cm³/mol. The van der Waals surface area contributed by atoms with Crippen molar-refractivity contribution in [1.82, 2.24) is 10.2 Å². The lowest BCUT2D eigenvalue weighted by atomic mass is 10.1. The number of ether oxygens (including phenoxy) is 2. The van der Waals surface area contributed by atoms with Gasteiger partial charge < -0.3 is 19.7 Å². The third-order valence-corrected chi connectivity index (χ3v) is 3.90. The molecule has 0 saturated heterocycles. The number of hydrogen-bond acceptors (Lipinski definition) is 5. The van der Waals surface area contributed by atoms with E-state index in [-0.39, 0.29) is 5.91 Å². The summed E-state index contributed by atoms with van der Waals surface area (Å²) in [5, 5.41) is 2.68. The number of alkyl carbamates (subject to hydrolysis) is 1. The van der Waals surface area contributed by atoms with Gasteiger partial charge in [-0.25, -0.2) is 9.59 Å². The molecule has 0 aliphatic carbocycles. The number of amides is 2. The molecule has 0 heterocycles. The molecular formula is C21H32N2O5. The van der Waals surface area contributed by atoms with E-state index < -0.39 is 17.7 Å². The van der Waals surface area contributed by atoms with Crippen LogP contribution in [0.15, 0.2) is 24.3 Å². The quantitative estimate of drug-likeness (QED) is 0.650. The van der Waals surface area contributed by atoms with Crippen LogP contribution in [-0.2, 0) is 20.8 Å². The Balaban J connectivity index is 2.70. The lowest BCUT2D eigenvalue weighted by Gasteiger charge is -2.24. The van der Waals surface area contributed by atoms with E-state index in [1.54, 1.807) is 49.9 Å². The van der Waals surface area contributed by atoms with Crippen molar-refractivity contribution in [3.8, 4) is 0 Å². The molecule has 7 heteroatoms. The number of hydrogen-bond donors (Lipinski definition) is 1. The van der Waals surface area contributed by atoms with E-state index in [2.05, 4.69) is 5.32 Å². The van der Waals surface area contributed by atoms with Crippen LogP contribution in [0.2, 0.25) is 0 Å². The van der Waals surface area contributed by atoms with Crippen molar-refractivity contribution in [1.29, 1.82) is 0 Å². The van der Waals surface area contributed by atoms with Crippen LogP contribution in [0.4, 0.5) is 4.79 Å². The Morgan fingerprint density at radius 3 is 2.29 bits per heavy atom. The molecule has 0 aromatic heterocycles. The van der Waals surface area contributed by atoms with Gasteiger partial charge in [0.15, 0.2) is 0 Å². The first kappa shape index (κ1) is 23.5. The Labute approximate surface area is 167 Å². The number of esters is 1. The Bertz CT molecular complexity index is 650. The zero-order chi connectivity index (χ0) is 21.2. The zero-order valence-corrected chi connectivity index (χ0v) is 17.5. The highest BCUT2D eigenvalue weighted by Gasteiger charge is 2.17. The second-order valence-corrected chi connectivity index (χ2v) is 7.54. The third kappa shape index (κ3) is 8.88. The van der Waals surface area contributed by atoms with E-state index in [1.807, 2.05) is 6.92 Å². The number of methoxy groups -OCH3 is 1. The van der Waals surface area contributed by atoms with Gasteiger partial charge in [0.2, 0.25) is 5.91 Å². The van der Waals surface area contributed by atoms with Gasteiger partial charge in [-0.3, -0.25) is 4.79 Å². The number of carbonyl (C=O) groups is 3. The summed E-state index contributed by atoms with van der Waals surface area (Å²) >= 11 is 0. The van der Waals surface area contributed by atoms with Gasteiger partial charge in [0.05, 0.1) is 12.7 Å². The van der Waals surface area contributed by atoms with E-state index in [1.165, 1.54) is 7.11 Å². The van der Waals surface area contributed by atoms with Gasteiger partial charge in [-0.1, -0.05) is 25.5 Å². The fraction of sp³-hybridized carbons (Fsp3) is 0.571. The van der Waals surface area contributed by atoms with Crippen LogP contribution < -0.4 is 5.32 Å². The lowest BCUT2D eigenvalue weighted by Crippen LogP contribution is -2.40. The number of unbranched alkanes of at least 4 members (excludes halogenated alkanes) is 1. The van der Waals surface area contributed by atoms with Crippen molar-refractivity contribution in [2.24, 2.45) is 0 Å². The Morgan fingerprint density at radius 2 is 1.75 bits per heavy atom. The van der Waals surface area contributed by atoms with Gasteiger partial charge in [0.1, 0.15) is 5.60 Å². The molecule has 1 aromatic carbocycles. The first-order valence-electron chi connectivity index (χ1n) is 9.58. The molecule has 0 unspecified atom stereocenters. The molecule has 0 saturated carbocycles. The third-order valence-electron chi connectivity index (χ3n) is 3.90. The van der Waals surface area contributed by atoms with Gasteiger partial charge in [-0.05, 0) is 44.9 Å². The minimum atomic E-state index is -0.567. The van der Waals surface area contributed by atoms with Crippen LogP contribution in [0.25, 0.3) is 0 Å². The van der Waals surface area contributed by atoms with Crippen molar-refractivity contribution < 1.29 is 23.9 Å². The smallest absolute Gasteiger partial charge is 0.407 e. The van der Waals surface area contributed by atoms with Crippen molar-refractivity contribution in [2.75, 3.05) is 20.2 Å². The van der Waals surface area contributed by atoms with Gasteiger partial charge >= 0.3 is 12.1 Å². The molecule has 156 valence electrons. The summed E-state index contributed by atoms with van der Waals surface area (Å²) in [6, 6.07) is 6.95. The van der Waals surface area contributed by atoms with Crippen molar-refractivity contribution in [3.63, 3.8) is 0 Å². The summed E-state index contributed by atoms with van der Waals surface area (Å²) in [4.78, 5) is 37.6. The standard InChI is InChI=1S/C21H32N2O5/c1-6-7-8-18(24)23(14-13-22-20(26)28-21(2,3)4)15-16-9-11-17(12-10-16)19(25)27-5/h9-12H,6-8,13-15H2,1-5H3,(H,22,26). The van der Waals surface area contributed by atoms with Crippen LogP contribution in [0.3, 0.4) is 0 Å².